The number of aromatic nitrogens is 2. The van der Waals surface area contributed by atoms with E-state index in [2.05, 4.69) is 16.0 Å². The van der Waals surface area contributed by atoms with Crippen molar-refractivity contribution in [3.05, 3.63) is 40.3 Å². The van der Waals surface area contributed by atoms with Gasteiger partial charge in [-0.15, -0.1) is 0 Å². The Morgan fingerprint density at radius 3 is 3.12 bits per heavy atom. The monoisotopic (exact) mass is 247 g/mol. The summed E-state index contributed by atoms with van der Waals surface area (Å²) in [7, 11) is 0. The van der Waals surface area contributed by atoms with Crippen molar-refractivity contribution in [2.75, 3.05) is 6.54 Å². The minimum atomic E-state index is 0.706. The topological polar surface area (TPSA) is 54.7 Å². The van der Waals surface area contributed by atoms with E-state index in [0.29, 0.717) is 6.54 Å². The molecule has 3 rings (SSSR count). The van der Waals surface area contributed by atoms with Gasteiger partial charge in [-0.2, -0.15) is 0 Å². The number of imidazole rings is 1. The molecular formula is C13H14ClN3. The summed E-state index contributed by atoms with van der Waals surface area (Å²) >= 11 is 5.99. The van der Waals surface area contributed by atoms with E-state index in [1.165, 1.54) is 16.8 Å². The SMILES string of the molecule is NCCCc1nc2c([nH]1)Cc1cc(Cl)ccc1-2. The highest BCUT2D eigenvalue weighted by atomic mass is 35.5. The minimum absolute atomic E-state index is 0.706. The van der Waals surface area contributed by atoms with Crippen molar-refractivity contribution in [1.82, 2.24) is 9.97 Å². The quantitative estimate of drug-likeness (QED) is 0.747. The van der Waals surface area contributed by atoms with Crippen LogP contribution < -0.4 is 5.73 Å². The van der Waals surface area contributed by atoms with Crippen molar-refractivity contribution < 1.29 is 0 Å². The van der Waals surface area contributed by atoms with Crippen LogP contribution >= 0.6 is 11.6 Å². The molecule has 1 aromatic carbocycles. The molecule has 2 aromatic rings. The Morgan fingerprint density at radius 2 is 2.29 bits per heavy atom. The predicted molar refractivity (Wildman–Crippen MR) is 69.2 cm³/mol. The van der Waals surface area contributed by atoms with Crippen molar-refractivity contribution in [3.63, 3.8) is 0 Å². The average Bonchev–Trinajstić information content (AvgIpc) is 2.82. The first-order valence-corrected chi connectivity index (χ1v) is 6.22. The zero-order valence-electron chi connectivity index (χ0n) is 9.46. The van der Waals surface area contributed by atoms with Crippen LogP contribution in [0.25, 0.3) is 11.3 Å². The van der Waals surface area contributed by atoms with Gasteiger partial charge in [0.25, 0.3) is 0 Å². The number of H-pyrrole nitrogens is 1. The van der Waals surface area contributed by atoms with Crippen LogP contribution in [0.1, 0.15) is 23.5 Å². The normalized spacial score (nSPS) is 12.6. The molecule has 0 bridgehead atoms. The second-order valence-electron chi connectivity index (χ2n) is 4.38. The second-order valence-corrected chi connectivity index (χ2v) is 4.82. The van der Waals surface area contributed by atoms with Gasteiger partial charge < -0.3 is 10.7 Å². The summed E-state index contributed by atoms with van der Waals surface area (Å²) in [5.74, 6) is 1.04. The number of fused-ring (bicyclic) bond motifs is 3. The molecule has 0 atom stereocenters. The van der Waals surface area contributed by atoms with Crippen molar-refractivity contribution >= 4 is 11.6 Å². The van der Waals surface area contributed by atoms with Gasteiger partial charge in [-0.25, -0.2) is 4.98 Å². The van der Waals surface area contributed by atoms with E-state index in [-0.39, 0.29) is 0 Å². The maximum absolute atomic E-state index is 5.99. The molecule has 17 heavy (non-hydrogen) atoms. The lowest BCUT2D eigenvalue weighted by Gasteiger charge is -2.00. The Hall–Kier alpha value is -1.32. The summed E-state index contributed by atoms with van der Waals surface area (Å²) in [6.45, 7) is 0.706. The molecule has 0 saturated carbocycles. The van der Waals surface area contributed by atoms with Gasteiger partial charge in [-0.1, -0.05) is 17.7 Å². The first-order chi connectivity index (χ1) is 8.28. The number of benzene rings is 1. The van der Waals surface area contributed by atoms with Gasteiger partial charge in [0.15, 0.2) is 0 Å². The number of hydrogen-bond donors (Lipinski definition) is 2. The first-order valence-electron chi connectivity index (χ1n) is 5.84. The molecule has 0 saturated heterocycles. The van der Waals surface area contributed by atoms with Crippen molar-refractivity contribution in [1.29, 1.82) is 0 Å². The number of aryl methyl sites for hydroxylation is 1. The smallest absolute Gasteiger partial charge is 0.107 e. The lowest BCUT2D eigenvalue weighted by molar-refractivity contribution is 0.790. The van der Waals surface area contributed by atoms with E-state index in [1.807, 2.05) is 12.1 Å². The number of nitrogens with two attached hydrogens (primary N) is 1. The molecule has 4 heteroatoms. The number of nitrogens with zero attached hydrogens (tertiary/aromatic N) is 1. The van der Waals surface area contributed by atoms with E-state index in [9.17, 15) is 0 Å². The van der Waals surface area contributed by atoms with Crippen LogP contribution in [0.5, 0.6) is 0 Å². The number of hydrogen-bond acceptors (Lipinski definition) is 2. The summed E-state index contributed by atoms with van der Waals surface area (Å²) in [6, 6.07) is 5.99. The van der Waals surface area contributed by atoms with Gasteiger partial charge >= 0.3 is 0 Å². The van der Waals surface area contributed by atoms with Crippen LogP contribution in [-0.2, 0) is 12.8 Å². The molecule has 88 valence electrons. The van der Waals surface area contributed by atoms with Crippen molar-refractivity contribution in [2.24, 2.45) is 5.73 Å². The van der Waals surface area contributed by atoms with Gasteiger partial charge in [-0.05, 0) is 30.7 Å². The second kappa shape index (κ2) is 4.17. The molecule has 0 amide bonds. The maximum Gasteiger partial charge on any atom is 0.107 e. The summed E-state index contributed by atoms with van der Waals surface area (Å²) < 4.78 is 0. The Kier molecular flexibility index (Phi) is 2.65. The molecule has 0 aliphatic heterocycles. The lowest BCUT2D eigenvalue weighted by atomic mass is 10.1. The van der Waals surface area contributed by atoms with Crippen LogP contribution in [0.3, 0.4) is 0 Å². The average molecular weight is 248 g/mol. The first kappa shape index (κ1) is 10.8. The maximum atomic E-state index is 5.99. The van der Waals surface area contributed by atoms with Crippen LogP contribution in [0.15, 0.2) is 18.2 Å². The Balaban J connectivity index is 1.95. The van der Waals surface area contributed by atoms with Crippen LogP contribution in [0.2, 0.25) is 5.02 Å². The standard InChI is InChI=1S/C13H14ClN3/c14-9-3-4-10-8(6-9)7-11-13(10)17-12(16-11)2-1-5-15/h3-4,6H,1-2,5,7,15H2,(H,16,17). The fourth-order valence-corrected chi connectivity index (χ4v) is 2.53. The third-order valence-corrected chi connectivity index (χ3v) is 3.37. The highest BCUT2D eigenvalue weighted by molar-refractivity contribution is 6.30. The van der Waals surface area contributed by atoms with Crippen molar-refractivity contribution in [3.8, 4) is 11.3 Å². The highest BCUT2D eigenvalue weighted by Crippen LogP contribution is 2.36. The Morgan fingerprint density at radius 1 is 1.41 bits per heavy atom. The van der Waals surface area contributed by atoms with Gasteiger partial charge in [0, 0.05) is 29.1 Å². The summed E-state index contributed by atoms with van der Waals surface area (Å²) in [6.07, 6.45) is 2.80. The van der Waals surface area contributed by atoms with E-state index >= 15 is 0 Å². The highest BCUT2D eigenvalue weighted by Gasteiger charge is 2.22. The van der Waals surface area contributed by atoms with E-state index in [1.54, 1.807) is 0 Å². The van der Waals surface area contributed by atoms with Gasteiger partial charge in [0.2, 0.25) is 0 Å². The summed E-state index contributed by atoms with van der Waals surface area (Å²) in [4.78, 5) is 8.03. The molecule has 1 aromatic heterocycles. The molecular weight excluding hydrogens is 234 g/mol. The van der Waals surface area contributed by atoms with E-state index in [4.69, 9.17) is 17.3 Å². The number of rotatable bonds is 3. The third-order valence-electron chi connectivity index (χ3n) is 3.14. The largest absolute Gasteiger partial charge is 0.345 e. The molecule has 1 aliphatic rings. The van der Waals surface area contributed by atoms with Crippen molar-refractivity contribution in [2.45, 2.75) is 19.3 Å². The number of aromatic amines is 1. The van der Waals surface area contributed by atoms with Gasteiger partial charge in [0.05, 0.1) is 5.69 Å². The number of halogens is 1. The minimum Gasteiger partial charge on any atom is -0.345 e. The van der Waals surface area contributed by atoms with Gasteiger partial charge in [-0.3, -0.25) is 0 Å². The molecule has 1 aliphatic carbocycles. The zero-order chi connectivity index (χ0) is 11.8. The number of nitrogens with one attached hydrogen (secondary N) is 1. The predicted octanol–water partition coefficient (Wildman–Crippen LogP) is 2.53. The molecule has 0 fully saturated rings. The third kappa shape index (κ3) is 1.85. The molecule has 3 N–H and O–H groups in total. The molecule has 0 spiro atoms. The Labute approximate surface area is 105 Å². The lowest BCUT2D eigenvalue weighted by Crippen LogP contribution is -2.01. The fourth-order valence-electron chi connectivity index (χ4n) is 2.33. The van der Waals surface area contributed by atoms with Gasteiger partial charge in [0.1, 0.15) is 5.82 Å². The molecule has 1 heterocycles. The Bertz CT molecular complexity index is 560. The molecule has 3 nitrogen and oxygen atoms in total. The fraction of sp³-hybridized carbons (Fsp3) is 0.308. The van der Waals surface area contributed by atoms with E-state index < -0.39 is 0 Å². The van der Waals surface area contributed by atoms with Crippen LogP contribution in [-0.4, -0.2) is 16.5 Å². The van der Waals surface area contributed by atoms with Crippen LogP contribution in [0, 0.1) is 0 Å². The van der Waals surface area contributed by atoms with Crippen LogP contribution in [0.4, 0.5) is 0 Å². The summed E-state index contributed by atoms with van der Waals surface area (Å²) in [5.41, 5.74) is 10.3. The zero-order valence-corrected chi connectivity index (χ0v) is 10.2. The molecule has 0 radical (unpaired) electrons. The summed E-state index contributed by atoms with van der Waals surface area (Å²) in [5, 5.41) is 0.789. The molecule has 0 unspecified atom stereocenters. The van der Waals surface area contributed by atoms with E-state index in [0.717, 1.165) is 35.8 Å².